The Morgan fingerprint density at radius 2 is 0.839 bits per heavy atom. The molecule has 3 aromatic carbocycles. The average Bonchev–Trinajstić information content (AvgIpc) is 2.68. The first-order chi connectivity index (χ1) is 14.4. The summed E-state index contributed by atoms with van der Waals surface area (Å²) < 4.78 is 127. The van der Waals surface area contributed by atoms with Crippen molar-refractivity contribution < 1.29 is 39.5 Å². The van der Waals surface area contributed by atoms with Crippen LogP contribution >= 0.6 is 0 Å². The second-order valence-electron chi connectivity index (χ2n) is 7.04. The molecule has 0 aliphatic rings. The molecule has 0 atom stereocenters. The van der Waals surface area contributed by atoms with Crippen molar-refractivity contribution in [1.29, 1.82) is 0 Å². The Kier molecular flexibility index (Phi) is 6.18. The molecule has 0 spiro atoms. The molecule has 0 heterocycles. The minimum Gasteiger partial charge on any atom is -0.208 e. The largest absolute Gasteiger partial charge is 0.403 e. The maximum atomic E-state index is 14.9. The van der Waals surface area contributed by atoms with Gasteiger partial charge in [0.05, 0.1) is 0 Å². The summed E-state index contributed by atoms with van der Waals surface area (Å²) in [5.41, 5.74) is -1.97. The van der Waals surface area contributed by atoms with Crippen molar-refractivity contribution in [3.63, 3.8) is 0 Å². The van der Waals surface area contributed by atoms with Crippen LogP contribution in [0, 0.1) is 73.1 Å². The molecule has 0 aliphatic heterocycles. The molecular formula is C21H12AlF9. The van der Waals surface area contributed by atoms with Crippen LogP contribution in [0.3, 0.4) is 0 Å². The third-order valence-electron chi connectivity index (χ3n) is 5.15. The van der Waals surface area contributed by atoms with Crippen molar-refractivity contribution >= 4 is 27.4 Å². The summed E-state index contributed by atoms with van der Waals surface area (Å²) in [4.78, 5) is 0. The molecule has 0 amide bonds. The van der Waals surface area contributed by atoms with E-state index >= 15 is 0 Å². The van der Waals surface area contributed by atoms with E-state index in [2.05, 4.69) is 0 Å². The van der Waals surface area contributed by atoms with E-state index in [1.807, 2.05) is 0 Å². The SMILES string of the molecule is Cc1cc(F)[c]([Al]([c]2c(F)cc(F)c(F)c2C)[c]2c(F)cc(F)c(F)c2C)c(F)c1F. The van der Waals surface area contributed by atoms with Crippen molar-refractivity contribution in [2.24, 2.45) is 0 Å². The van der Waals surface area contributed by atoms with Gasteiger partial charge < -0.3 is 0 Å². The molecule has 0 saturated heterocycles. The number of hydrogen-bond donors (Lipinski definition) is 0. The predicted molar refractivity (Wildman–Crippen MR) is 97.8 cm³/mol. The van der Waals surface area contributed by atoms with Crippen molar-refractivity contribution in [2.75, 3.05) is 0 Å². The van der Waals surface area contributed by atoms with E-state index in [1.165, 1.54) is 0 Å². The zero-order valence-corrected chi connectivity index (χ0v) is 17.4. The molecule has 0 fully saturated rings. The quantitative estimate of drug-likeness (QED) is 0.308. The summed E-state index contributed by atoms with van der Waals surface area (Å²) in [6.45, 7) is 2.79. The van der Waals surface area contributed by atoms with Crippen LogP contribution < -0.4 is 13.3 Å². The van der Waals surface area contributed by atoms with E-state index in [4.69, 9.17) is 0 Å². The molecule has 0 aliphatic carbocycles. The Bertz CT molecular complexity index is 1070. The van der Waals surface area contributed by atoms with Crippen molar-refractivity contribution in [3.05, 3.63) is 87.2 Å². The molecular weight excluding hydrogens is 450 g/mol. The number of halogens is 9. The Morgan fingerprint density at radius 3 is 1.26 bits per heavy atom. The topological polar surface area (TPSA) is 0 Å². The molecule has 0 bridgehead atoms. The smallest absolute Gasteiger partial charge is 0.208 e. The normalized spacial score (nSPS) is 11.2. The summed E-state index contributed by atoms with van der Waals surface area (Å²) >= 11 is -4.24. The van der Waals surface area contributed by atoms with Crippen LogP contribution in [0.5, 0.6) is 0 Å². The summed E-state index contributed by atoms with van der Waals surface area (Å²) in [5.74, 6) is -14.1. The fourth-order valence-electron chi connectivity index (χ4n) is 3.59. The highest BCUT2D eigenvalue weighted by molar-refractivity contribution is 6.96. The van der Waals surface area contributed by atoms with Gasteiger partial charge in [0.25, 0.3) is 0 Å². The van der Waals surface area contributed by atoms with Gasteiger partial charge in [-0.15, -0.1) is 0 Å². The Hall–Kier alpha value is -2.44. The molecule has 3 rings (SSSR count). The maximum Gasteiger partial charge on any atom is 0.403 e. The van der Waals surface area contributed by atoms with Crippen LogP contribution in [0.4, 0.5) is 39.5 Å². The Balaban J connectivity index is 2.56. The van der Waals surface area contributed by atoms with Crippen molar-refractivity contribution in [1.82, 2.24) is 0 Å². The van der Waals surface area contributed by atoms with Crippen LogP contribution in [0.15, 0.2) is 18.2 Å². The van der Waals surface area contributed by atoms with Gasteiger partial charge in [0.15, 0.2) is 29.1 Å². The molecule has 0 aromatic heterocycles. The van der Waals surface area contributed by atoms with Gasteiger partial charge in [-0.1, -0.05) is 8.85 Å². The van der Waals surface area contributed by atoms with Gasteiger partial charge in [-0.25, -0.2) is 39.5 Å². The summed E-state index contributed by atoms with van der Waals surface area (Å²) in [6, 6.07) is 0.740. The lowest BCUT2D eigenvalue weighted by Gasteiger charge is -2.22. The lowest BCUT2D eigenvalue weighted by atomic mass is 10.2. The fraction of sp³-hybridized carbons (Fsp3) is 0.143. The maximum absolute atomic E-state index is 14.9. The first-order valence-corrected chi connectivity index (χ1v) is 10.5. The van der Waals surface area contributed by atoms with Gasteiger partial charge >= 0.3 is 14.1 Å². The molecule has 162 valence electrons. The van der Waals surface area contributed by atoms with Crippen LogP contribution in [-0.4, -0.2) is 14.1 Å². The van der Waals surface area contributed by atoms with Crippen molar-refractivity contribution in [3.8, 4) is 0 Å². The molecule has 0 nitrogen and oxygen atoms in total. The van der Waals surface area contributed by atoms with E-state index in [0.717, 1.165) is 20.8 Å². The minimum atomic E-state index is -4.24. The van der Waals surface area contributed by atoms with Gasteiger partial charge in [0, 0.05) is 12.1 Å². The van der Waals surface area contributed by atoms with Gasteiger partial charge in [0.1, 0.15) is 23.3 Å². The predicted octanol–water partition coefficient (Wildman–Crippen LogP) is 4.38. The molecule has 31 heavy (non-hydrogen) atoms. The molecule has 0 N–H and O–H groups in total. The monoisotopic (exact) mass is 462 g/mol. The van der Waals surface area contributed by atoms with Gasteiger partial charge in [0.2, 0.25) is 0 Å². The minimum absolute atomic E-state index is 0.0884. The fourth-order valence-corrected chi connectivity index (χ4v) is 7.03. The third kappa shape index (κ3) is 3.72. The highest BCUT2D eigenvalue weighted by atomic mass is 27.2. The first kappa shape index (κ1) is 23.2. The zero-order valence-electron chi connectivity index (χ0n) is 16.2. The van der Waals surface area contributed by atoms with Crippen LogP contribution in [0.1, 0.15) is 16.7 Å². The summed E-state index contributed by atoms with van der Waals surface area (Å²) in [5, 5.41) is 0. The van der Waals surface area contributed by atoms with E-state index in [1.54, 1.807) is 0 Å². The van der Waals surface area contributed by atoms with Crippen LogP contribution in [0.25, 0.3) is 0 Å². The van der Waals surface area contributed by atoms with Gasteiger partial charge in [-0.2, -0.15) is 0 Å². The first-order valence-electron chi connectivity index (χ1n) is 8.80. The van der Waals surface area contributed by atoms with E-state index in [9.17, 15) is 39.5 Å². The number of aryl methyl sites for hydroxylation is 1. The van der Waals surface area contributed by atoms with Crippen LogP contribution in [-0.2, 0) is 0 Å². The Morgan fingerprint density at radius 1 is 0.452 bits per heavy atom. The van der Waals surface area contributed by atoms with Crippen LogP contribution in [0.2, 0.25) is 0 Å². The second kappa shape index (κ2) is 8.25. The molecule has 0 unspecified atom stereocenters. The molecule has 10 heteroatoms. The lowest BCUT2D eigenvalue weighted by Crippen LogP contribution is -2.59. The highest BCUT2D eigenvalue weighted by Crippen LogP contribution is 2.20. The zero-order chi connectivity index (χ0) is 23.4. The second-order valence-corrected chi connectivity index (χ2v) is 9.63. The lowest BCUT2D eigenvalue weighted by molar-refractivity contribution is 0.490. The molecule has 0 radical (unpaired) electrons. The average molecular weight is 462 g/mol. The third-order valence-corrected chi connectivity index (χ3v) is 8.83. The van der Waals surface area contributed by atoms with E-state index in [0.29, 0.717) is 6.07 Å². The molecule has 3 aromatic rings. The van der Waals surface area contributed by atoms with Crippen molar-refractivity contribution in [2.45, 2.75) is 20.8 Å². The van der Waals surface area contributed by atoms with Gasteiger partial charge in [-0.05, 0) is 48.0 Å². The molecule has 0 saturated carbocycles. The number of hydrogen-bond acceptors (Lipinski definition) is 0. The van der Waals surface area contributed by atoms with E-state index < -0.39 is 96.5 Å². The summed E-state index contributed by atoms with van der Waals surface area (Å²) in [6.07, 6.45) is 0. The summed E-state index contributed by atoms with van der Waals surface area (Å²) in [7, 11) is 0. The standard InChI is InChI=1S/3C7H4F3.Al/c3*1-4-2-5(8)3-6(9)7(4)10;/h2*3H,1H3;2H,1H3;. The van der Waals surface area contributed by atoms with E-state index in [-0.39, 0.29) is 12.1 Å². The number of rotatable bonds is 3. The Labute approximate surface area is 175 Å². The van der Waals surface area contributed by atoms with Gasteiger partial charge in [-0.3, -0.25) is 0 Å². The number of benzene rings is 3. The highest BCUT2D eigenvalue weighted by Gasteiger charge is 2.41.